The first-order valence-electron chi connectivity index (χ1n) is 9.03. The van der Waals surface area contributed by atoms with Crippen LogP contribution in [-0.2, 0) is 14.4 Å². The molecule has 0 radical (unpaired) electrons. The van der Waals surface area contributed by atoms with Gasteiger partial charge >= 0.3 is 0 Å². The van der Waals surface area contributed by atoms with E-state index in [0.29, 0.717) is 27.4 Å². The van der Waals surface area contributed by atoms with Gasteiger partial charge in [-0.3, -0.25) is 14.4 Å². The third-order valence-corrected chi connectivity index (χ3v) is 5.33. The Labute approximate surface area is 168 Å². The number of rotatable bonds is 5. The molecule has 1 heterocycles. The number of imide groups is 1. The van der Waals surface area contributed by atoms with E-state index in [9.17, 15) is 14.4 Å². The molecule has 0 aliphatic carbocycles. The topological polar surface area (TPSA) is 66.5 Å². The van der Waals surface area contributed by atoms with E-state index >= 15 is 0 Å². The number of thioether (sulfide) groups is 1. The Bertz CT molecular complexity index is 978. The minimum absolute atomic E-state index is 0.150. The molecule has 1 N–H and O–H groups in total. The van der Waals surface area contributed by atoms with Crippen LogP contribution >= 0.6 is 11.8 Å². The monoisotopic (exact) mass is 394 g/mol. The van der Waals surface area contributed by atoms with E-state index in [1.54, 1.807) is 30.3 Å². The predicted octanol–water partition coefficient (Wildman–Crippen LogP) is 4.38. The van der Waals surface area contributed by atoms with Crippen molar-refractivity contribution in [1.29, 1.82) is 0 Å². The fourth-order valence-corrected chi connectivity index (χ4v) is 4.05. The highest BCUT2D eigenvalue weighted by molar-refractivity contribution is 8.04. The average Bonchev–Trinajstić information content (AvgIpc) is 2.86. The number of nitrogens with zero attached hydrogens (tertiary/aromatic N) is 1. The second kappa shape index (κ2) is 8.02. The highest BCUT2D eigenvalue weighted by Gasteiger charge is 2.40. The lowest BCUT2D eigenvalue weighted by molar-refractivity contribution is -0.120. The Kier molecular flexibility index (Phi) is 5.70. The molecule has 6 heteroatoms. The zero-order valence-electron chi connectivity index (χ0n) is 16.3. The fraction of sp³-hybridized carbons (Fsp3) is 0.227. The maximum absolute atomic E-state index is 13.3. The van der Waals surface area contributed by atoms with Gasteiger partial charge in [0.1, 0.15) is 0 Å². The minimum atomic E-state index is -0.324. The summed E-state index contributed by atoms with van der Waals surface area (Å²) in [5, 5.41) is 2.86. The van der Waals surface area contributed by atoms with Crippen LogP contribution in [-0.4, -0.2) is 23.0 Å². The van der Waals surface area contributed by atoms with E-state index in [-0.39, 0.29) is 23.0 Å². The zero-order chi connectivity index (χ0) is 20.4. The first kappa shape index (κ1) is 19.9. The van der Waals surface area contributed by atoms with Gasteiger partial charge in [-0.2, -0.15) is 0 Å². The Morgan fingerprint density at radius 1 is 1.00 bits per heavy atom. The molecule has 1 aliphatic rings. The van der Waals surface area contributed by atoms with Gasteiger partial charge in [-0.1, -0.05) is 44.2 Å². The lowest BCUT2D eigenvalue weighted by atomic mass is 10.1. The normalized spacial score (nSPS) is 14.2. The van der Waals surface area contributed by atoms with Gasteiger partial charge < -0.3 is 5.32 Å². The van der Waals surface area contributed by atoms with Gasteiger partial charge in [0.2, 0.25) is 5.91 Å². The van der Waals surface area contributed by atoms with Gasteiger partial charge in [-0.25, -0.2) is 4.90 Å². The molecule has 3 amide bonds. The SMILES string of the molecule is CC(=O)Nc1ccc(C2=C(SC(C)C)C(=O)N(c3ccccc3C)C2=O)cc1. The van der Waals surface area contributed by atoms with Crippen LogP contribution in [0.25, 0.3) is 5.57 Å². The zero-order valence-corrected chi connectivity index (χ0v) is 17.1. The molecule has 28 heavy (non-hydrogen) atoms. The van der Waals surface area contributed by atoms with Gasteiger partial charge in [-0.05, 0) is 36.2 Å². The number of carbonyl (C=O) groups excluding carboxylic acids is 3. The standard InChI is InChI=1S/C22H22N2O3S/c1-13(2)28-20-19(16-9-11-17(12-10-16)23-15(4)25)21(26)24(22(20)27)18-8-6-5-7-14(18)3/h5-13H,1-4H3,(H,23,25). The predicted molar refractivity (Wildman–Crippen MR) is 114 cm³/mol. The van der Waals surface area contributed by atoms with Gasteiger partial charge in [0, 0.05) is 17.9 Å². The molecular weight excluding hydrogens is 372 g/mol. The van der Waals surface area contributed by atoms with Crippen LogP contribution in [0, 0.1) is 6.92 Å². The van der Waals surface area contributed by atoms with E-state index in [1.165, 1.54) is 23.6 Å². The summed E-state index contributed by atoms with van der Waals surface area (Å²) in [6, 6.07) is 14.3. The Morgan fingerprint density at radius 3 is 2.21 bits per heavy atom. The summed E-state index contributed by atoms with van der Waals surface area (Å²) in [5.41, 5.74) is 3.17. The van der Waals surface area contributed by atoms with Crippen molar-refractivity contribution in [3.63, 3.8) is 0 Å². The second-order valence-electron chi connectivity index (χ2n) is 6.86. The number of benzene rings is 2. The summed E-state index contributed by atoms with van der Waals surface area (Å²) in [5.74, 6) is -0.783. The van der Waals surface area contributed by atoms with Crippen molar-refractivity contribution in [2.75, 3.05) is 10.2 Å². The van der Waals surface area contributed by atoms with Crippen molar-refractivity contribution in [1.82, 2.24) is 0 Å². The van der Waals surface area contributed by atoms with Gasteiger partial charge in [-0.15, -0.1) is 11.8 Å². The third kappa shape index (κ3) is 3.87. The molecule has 5 nitrogen and oxygen atoms in total. The highest BCUT2D eigenvalue weighted by Crippen LogP contribution is 2.40. The quantitative estimate of drug-likeness (QED) is 0.765. The fourth-order valence-electron chi connectivity index (χ4n) is 3.07. The smallest absolute Gasteiger partial charge is 0.272 e. The number of aryl methyl sites for hydroxylation is 1. The molecule has 2 aromatic rings. The Morgan fingerprint density at radius 2 is 1.64 bits per heavy atom. The van der Waals surface area contributed by atoms with Crippen molar-refractivity contribution in [2.45, 2.75) is 32.9 Å². The molecule has 2 aromatic carbocycles. The summed E-state index contributed by atoms with van der Waals surface area (Å²) in [6.45, 7) is 7.30. The summed E-state index contributed by atoms with van der Waals surface area (Å²) < 4.78 is 0. The molecule has 0 unspecified atom stereocenters. The van der Waals surface area contributed by atoms with Crippen molar-refractivity contribution >= 4 is 46.4 Å². The molecule has 0 saturated heterocycles. The summed E-state index contributed by atoms with van der Waals surface area (Å²) >= 11 is 1.39. The summed E-state index contributed by atoms with van der Waals surface area (Å²) in [6.07, 6.45) is 0. The van der Waals surface area contributed by atoms with Gasteiger partial charge in [0.05, 0.1) is 16.2 Å². The number of para-hydroxylation sites is 1. The molecule has 1 aliphatic heterocycles. The maximum atomic E-state index is 13.3. The number of amides is 3. The summed E-state index contributed by atoms with van der Waals surface area (Å²) in [7, 11) is 0. The van der Waals surface area contributed by atoms with Crippen molar-refractivity contribution in [2.24, 2.45) is 0 Å². The molecule has 0 spiro atoms. The van der Waals surface area contributed by atoms with Crippen LogP contribution in [0.1, 0.15) is 31.9 Å². The second-order valence-corrected chi connectivity index (χ2v) is 8.45. The van der Waals surface area contributed by atoms with E-state index in [4.69, 9.17) is 0 Å². The van der Waals surface area contributed by atoms with E-state index in [0.717, 1.165) is 5.56 Å². The number of hydrogen-bond donors (Lipinski definition) is 1. The van der Waals surface area contributed by atoms with Crippen molar-refractivity contribution < 1.29 is 14.4 Å². The first-order chi connectivity index (χ1) is 13.3. The van der Waals surface area contributed by atoms with E-state index in [2.05, 4.69) is 5.32 Å². The third-order valence-electron chi connectivity index (χ3n) is 4.25. The molecular formula is C22H22N2O3S. The van der Waals surface area contributed by atoms with Gasteiger partial charge in [0.25, 0.3) is 11.8 Å². The van der Waals surface area contributed by atoms with E-state index in [1.807, 2.05) is 39.0 Å². The molecule has 0 bridgehead atoms. The average molecular weight is 394 g/mol. The lowest BCUT2D eigenvalue weighted by Crippen LogP contribution is -2.32. The Hall–Kier alpha value is -2.86. The molecule has 144 valence electrons. The summed E-state index contributed by atoms with van der Waals surface area (Å²) in [4.78, 5) is 39.4. The largest absolute Gasteiger partial charge is 0.326 e. The van der Waals surface area contributed by atoms with Crippen LogP contribution < -0.4 is 10.2 Å². The van der Waals surface area contributed by atoms with Crippen LogP contribution in [0.3, 0.4) is 0 Å². The first-order valence-corrected chi connectivity index (χ1v) is 9.91. The van der Waals surface area contributed by atoms with Crippen molar-refractivity contribution in [3.05, 3.63) is 64.6 Å². The highest BCUT2D eigenvalue weighted by atomic mass is 32.2. The Balaban J connectivity index is 2.06. The number of carbonyl (C=O) groups is 3. The van der Waals surface area contributed by atoms with Crippen molar-refractivity contribution in [3.8, 4) is 0 Å². The lowest BCUT2D eigenvalue weighted by Gasteiger charge is -2.17. The van der Waals surface area contributed by atoms with Gasteiger partial charge in [0.15, 0.2) is 0 Å². The molecule has 0 saturated carbocycles. The number of anilines is 2. The van der Waals surface area contributed by atoms with Crippen LogP contribution in [0.4, 0.5) is 11.4 Å². The molecule has 0 atom stereocenters. The molecule has 3 rings (SSSR count). The minimum Gasteiger partial charge on any atom is -0.326 e. The maximum Gasteiger partial charge on any atom is 0.272 e. The number of nitrogens with one attached hydrogen (secondary N) is 1. The number of hydrogen-bond acceptors (Lipinski definition) is 4. The van der Waals surface area contributed by atoms with E-state index < -0.39 is 0 Å². The van der Waals surface area contributed by atoms with Crippen LogP contribution in [0.5, 0.6) is 0 Å². The van der Waals surface area contributed by atoms with Crippen LogP contribution in [0.2, 0.25) is 0 Å². The van der Waals surface area contributed by atoms with Crippen LogP contribution in [0.15, 0.2) is 53.4 Å². The molecule has 0 fully saturated rings. The molecule has 0 aromatic heterocycles.